The van der Waals surface area contributed by atoms with Crippen molar-refractivity contribution in [2.45, 2.75) is 18.9 Å². The third-order valence-electron chi connectivity index (χ3n) is 4.92. The van der Waals surface area contributed by atoms with Gasteiger partial charge in [-0.25, -0.2) is 8.42 Å². The smallest absolute Gasteiger partial charge is 0.151 e. The molecule has 0 amide bonds. The zero-order chi connectivity index (χ0) is 17.3. The summed E-state index contributed by atoms with van der Waals surface area (Å²) in [6.45, 7) is 0.780. The van der Waals surface area contributed by atoms with E-state index in [2.05, 4.69) is 40.6 Å². The Kier molecular flexibility index (Phi) is 4.36. The molecule has 5 heteroatoms. The third kappa shape index (κ3) is 3.48. The van der Waals surface area contributed by atoms with Crippen molar-refractivity contribution < 1.29 is 8.42 Å². The van der Waals surface area contributed by atoms with E-state index in [4.69, 9.17) is 0 Å². The predicted octanol–water partition coefficient (Wildman–Crippen LogP) is 3.15. The van der Waals surface area contributed by atoms with Crippen molar-refractivity contribution in [3.8, 4) is 11.3 Å². The van der Waals surface area contributed by atoms with E-state index >= 15 is 0 Å². The number of aromatic nitrogens is 1. The van der Waals surface area contributed by atoms with Crippen LogP contribution in [-0.4, -0.2) is 37.5 Å². The first kappa shape index (κ1) is 16.4. The average Bonchev–Trinajstić information content (AvgIpc) is 3.16. The second-order valence-electron chi connectivity index (χ2n) is 6.69. The largest absolute Gasteiger partial charge is 0.354 e. The van der Waals surface area contributed by atoms with E-state index in [-0.39, 0.29) is 11.8 Å². The van der Waals surface area contributed by atoms with E-state index in [0.29, 0.717) is 5.75 Å². The first-order valence-corrected chi connectivity index (χ1v) is 10.5. The van der Waals surface area contributed by atoms with Crippen LogP contribution in [-0.2, 0) is 16.3 Å². The first-order chi connectivity index (χ1) is 12.1. The molecule has 0 spiro atoms. The van der Waals surface area contributed by atoms with Gasteiger partial charge in [-0.1, -0.05) is 48.5 Å². The lowest BCUT2D eigenvalue weighted by atomic mass is 10.0. The van der Waals surface area contributed by atoms with Crippen molar-refractivity contribution in [2.24, 2.45) is 0 Å². The molecule has 0 bridgehead atoms. The lowest BCUT2D eigenvalue weighted by Gasteiger charge is -2.11. The highest BCUT2D eigenvalue weighted by Crippen LogP contribution is 2.30. The maximum Gasteiger partial charge on any atom is 0.151 e. The lowest BCUT2D eigenvalue weighted by molar-refractivity contribution is 0.557. The number of hydrogen-bond acceptors (Lipinski definition) is 3. The molecule has 130 valence electrons. The zero-order valence-corrected chi connectivity index (χ0v) is 14.9. The molecule has 25 heavy (non-hydrogen) atoms. The molecule has 1 atom stereocenters. The molecule has 1 saturated heterocycles. The van der Waals surface area contributed by atoms with E-state index in [1.54, 1.807) is 0 Å². The highest BCUT2D eigenvalue weighted by molar-refractivity contribution is 7.91. The van der Waals surface area contributed by atoms with E-state index < -0.39 is 9.84 Å². The van der Waals surface area contributed by atoms with Gasteiger partial charge in [-0.15, -0.1) is 0 Å². The summed E-state index contributed by atoms with van der Waals surface area (Å²) in [5.74, 6) is 0.583. The second kappa shape index (κ2) is 6.65. The summed E-state index contributed by atoms with van der Waals surface area (Å²) in [7, 11) is -2.83. The summed E-state index contributed by atoms with van der Waals surface area (Å²) >= 11 is 0. The van der Waals surface area contributed by atoms with Gasteiger partial charge < -0.3 is 10.3 Å². The molecular formula is C20H22N2O2S. The molecule has 3 aromatic rings. The number of hydrogen-bond donors (Lipinski definition) is 2. The Balaban J connectivity index is 1.58. The van der Waals surface area contributed by atoms with E-state index in [1.807, 2.05) is 24.3 Å². The molecule has 1 unspecified atom stereocenters. The fourth-order valence-electron chi connectivity index (χ4n) is 3.67. The van der Waals surface area contributed by atoms with Crippen molar-refractivity contribution in [2.75, 3.05) is 18.1 Å². The van der Waals surface area contributed by atoms with E-state index in [0.717, 1.165) is 30.6 Å². The quantitative estimate of drug-likeness (QED) is 0.740. The van der Waals surface area contributed by atoms with Crippen LogP contribution in [0.4, 0.5) is 0 Å². The number of fused-ring (bicyclic) bond motifs is 1. The van der Waals surface area contributed by atoms with Crippen LogP contribution in [0.25, 0.3) is 22.2 Å². The summed E-state index contributed by atoms with van der Waals surface area (Å²) in [4.78, 5) is 3.55. The molecule has 2 aromatic carbocycles. The monoisotopic (exact) mass is 354 g/mol. The number of sulfone groups is 1. The number of para-hydroxylation sites is 1. The molecule has 0 saturated carbocycles. The Labute approximate surface area is 148 Å². The Bertz CT molecular complexity index is 977. The van der Waals surface area contributed by atoms with Crippen LogP contribution in [0.5, 0.6) is 0 Å². The standard InChI is InChI=1S/C20H22N2O2S/c23-25(24)13-11-16(14-25)21-12-10-18-17-8-4-5-9-19(17)22-20(18)15-6-2-1-3-7-15/h1-9,16,21-22H,10-14H2. The minimum atomic E-state index is -2.83. The van der Waals surface area contributed by atoms with Gasteiger partial charge in [0.2, 0.25) is 0 Å². The fourth-order valence-corrected chi connectivity index (χ4v) is 5.38. The maximum absolute atomic E-state index is 11.6. The van der Waals surface area contributed by atoms with Crippen LogP contribution in [0.1, 0.15) is 12.0 Å². The number of rotatable bonds is 5. The first-order valence-electron chi connectivity index (χ1n) is 8.71. The van der Waals surface area contributed by atoms with Gasteiger partial charge in [0.1, 0.15) is 0 Å². The summed E-state index contributed by atoms with van der Waals surface area (Å²) in [5.41, 5.74) is 4.76. The van der Waals surface area contributed by atoms with Crippen molar-refractivity contribution in [1.29, 1.82) is 0 Å². The Morgan fingerprint density at radius 2 is 1.80 bits per heavy atom. The maximum atomic E-state index is 11.6. The van der Waals surface area contributed by atoms with E-state index in [1.165, 1.54) is 16.5 Å². The van der Waals surface area contributed by atoms with Crippen molar-refractivity contribution in [3.05, 3.63) is 60.2 Å². The zero-order valence-electron chi connectivity index (χ0n) is 14.0. The van der Waals surface area contributed by atoms with Crippen LogP contribution in [0.15, 0.2) is 54.6 Å². The van der Waals surface area contributed by atoms with Gasteiger partial charge in [0.15, 0.2) is 9.84 Å². The molecule has 4 nitrogen and oxygen atoms in total. The van der Waals surface area contributed by atoms with Crippen LogP contribution >= 0.6 is 0 Å². The molecule has 1 fully saturated rings. The third-order valence-corrected chi connectivity index (χ3v) is 6.68. The lowest BCUT2D eigenvalue weighted by Crippen LogP contribution is -2.31. The molecule has 0 aliphatic carbocycles. The Hall–Kier alpha value is -2.11. The summed E-state index contributed by atoms with van der Waals surface area (Å²) in [5, 5.41) is 4.66. The molecular weight excluding hydrogens is 332 g/mol. The number of nitrogens with one attached hydrogen (secondary N) is 2. The number of aromatic amines is 1. The van der Waals surface area contributed by atoms with Crippen molar-refractivity contribution >= 4 is 20.7 Å². The average molecular weight is 354 g/mol. The van der Waals surface area contributed by atoms with Crippen molar-refractivity contribution in [3.63, 3.8) is 0 Å². The Morgan fingerprint density at radius 3 is 2.56 bits per heavy atom. The van der Waals surface area contributed by atoms with Gasteiger partial charge in [-0.05, 0) is 36.6 Å². The Morgan fingerprint density at radius 1 is 1.04 bits per heavy atom. The van der Waals surface area contributed by atoms with Gasteiger partial charge in [0, 0.05) is 22.6 Å². The summed E-state index contributed by atoms with van der Waals surface area (Å²) in [6, 6.07) is 18.8. The van der Waals surface area contributed by atoms with Crippen LogP contribution in [0.2, 0.25) is 0 Å². The molecule has 4 rings (SSSR count). The fraction of sp³-hybridized carbons (Fsp3) is 0.300. The molecule has 1 aromatic heterocycles. The highest BCUT2D eigenvalue weighted by atomic mass is 32.2. The predicted molar refractivity (Wildman–Crippen MR) is 103 cm³/mol. The van der Waals surface area contributed by atoms with Crippen LogP contribution in [0, 0.1) is 0 Å². The van der Waals surface area contributed by atoms with Gasteiger partial charge in [0.05, 0.1) is 11.5 Å². The normalized spacial score (nSPS) is 19.4. The van der Waals surface area contributed by atoms with Gasteiger partial charge in [-0.2, -0.15) is 0 Å². The van der Waals surface area contributed by atoms with Crippen LogP contribution < -0.4 is 5.32 Å². The molecule has 1 aliphatic rings. The summed E-state index contributed by atoms with van der Waals surface area (Å²) < 4.78 is 23.2. The minimum Gasteiger partial charge on any atom is -0.354 e. The molecule has 0 radical (unpaired) electrons. The molecule has 1 aliphatic heterocycles. The topological polar surface area (TPSA) is 62.0 Å². The molecule has 2 N–H and O–H groups in total. The van der Waals surface area contributed by atoms with Gasteiger partial charge >= 0.3 is 0 Å². The van der Waals surface area contributed by atoms with Crippen LogP contribution in [0.3, 0.4) is 0 Å². The van der Waals surface area contributed by atoms with Gasteiger partial charge in [-0.3, -0.25) is 0 Å². The SMILES string of the molecule is O=S1(=O)CCC(NCCc2c(-c3ccccc3)[nH]c3ccccc23)C1. The van der Waals surface area contributed by atoms with Gasteiger partial charge in [0.25, 0.3) is 0 Å². The van der Waals surface area contributed by atoms with Crippen molar-refractivity contribution in [1.82, 2.24) is 10.3 Å². The minimum absolute atomic E-state index is 0.0929. The van der Waals surface area contributed by atoms with E-state index in [9.17, 15) is 8.42 Å². The number of H-pyrrole nitrogens is 1. The summed E-state index contributed by atoms with van der Waals surface area (Å²) in [6.07, 6.45) is 1.59. The highest BCUT2D eigenvalue weighted by Gasteiger charge is 2.27. The molecule has 2 heterocycles. The number of benzene rings is 2. The second-order valence-corrected chi connectivity index (χ2v) is 8.92.